The first-order valence-electron chi connectivity index (χ1n) is 7.62. The van der Waals surface area contributed by atoms with Crippen molar-refractivity contribution in [3.63, 3.8) is 0 Å². The van der Waals surface area contributed by atoms with Crippen molar-refractivity contribution in [3.05, 3.63) is 28.7 Å². The first-order chi connectivity index (χ1) is 11.1. The van der Waals surface area contributed by atoms with Gasteiger partial charge in [-0.05, 0) is 60.9 Å². The fraction of sp³-hybridized carbons (Fsp3) is 0.467. The van der Waals surface area contributed by atoms with Gasteiger partial charge in [0.1, 0.15) is 0 Å². The van der Waals surface area contributed by atoms with Gasteiger partial charge in [-0.15, -0.1) is 5.10 Å². The zero-order chi connectivity index (χ0) is 16.2. The van der Waals surface area contributed by atoms with Gasteiger partial charge in [-0.3, -0.25) is 4.79 Å². The van der Waals surface area contributed by atoms with Gasteiger partial charge < -0.3 is 4.90 Å². The highest BCUT2D eigenvalue weighted by atomic mass is 79.9. The van der Waals surface area contributed by atoms with E-state index in [9.17, 15) is 4.79 Å². The van der Waals surface area contributed by atoms with Gasteiger partial charge in [0.2, 0.25) is 11.1 Å². The fourth-order valence-electron chi connectivity index (χ4n) is 2.69. The third kappa shape index (κ3) is 3.92. The van der Waals surface area contributed by atoms with Gasteiger partial charge >= 0.3 is 0 Å². The van der Waals surface area contributed by atoms with Crippen molar-refractivity contribution in [1.82, 2.24) is 25.1 Å². The molecular formula is C15H18BrN5OS. The average molecular weight is 396 g/mol. The molecule has 1 aromatic carbocycles. The van der Waals surface area contributed by atoms with E-state index >= 15 is 0 Å². The Labute approximate surface area is 147 Å². The van der Waals surface area contributed by atoms with Crippen LogP contribution in [-0.4, -0.2) is 49.4 Å². The number of rotatable bonds is 4. The van der Waals surface area contributed by atoms with E-state index in [4.69, 9.17) is 0 Å². The summed E-state index contributed by atoms with van der Waals surface area (Å²) < 4.78 is 2.65. The predicted molar refractivity (Wildman–Crippen MR) is 92.6 cm³/mol. The zero-order valence-corrected chi connectivity index (χ0v) is 15.3. The molecule has 0 saturated carbocycles. The number of nitrogens with zero attached hydrogens (tertiary/aromatic N) is 5. The molecule has 1 amide bonds. The zero-order valence-electron chi connectivity index (χ0n) is 12.9. The smallest absolute Gasteiger partial charge is 0.233 e. The van der Waals surface area contributed by atoms with Crippen molar-refractivity contribution in [2.24, 2.45) is 0 Å². The molecule has 6 nitrogen and oxygen atoms in total. The van der Waals surface area contributed by atoms with Crippen molar-refractivity contribution in [3.8, 4) is 5.69 Å². The minimum absolute atomic E-state index is 0.160. The van der Waals surface area contributed by atoms with Gasteiger partial charge in [-0.2, -0.15) is 4.68 Å². The molecule has 1 aromatic heterocycles. The average Bonchev–Trinajstić information content (AvgIpc) is 3.02. The molecular weight excluding hydrogens is 378 g/mol. The molecule has 1 aliphatic heterocycles. The summed E-state index contributed by atoms with van der Waals surface area (Å²) in [7, 11) is 0. The second kappa shape index (κ2) is 7.44. The summed E-state index contributed by atoms with van der Waals surface area (Å²) in [5.41, 5.74) is 0.875. The molecule has 1 fully saturated rings. The van der Waals surface area contributed by atoms with Gasteiger partial charge in [0, 0.05) is 17.1 Å². The summed E-state index contributed by atoms with van der Waals surface area (Å²) in [4.78, 5) is 14.4. The first kappa shape index (κ1) is 16.4. The number of benzene rings is 1. The third-order valence-corrected chi connectivity index (χ3v) is 5.39. The monoisotopic (exact) mass is 395 g/mol. The highest BCUT2D eigenvalue weighted by Crippen LogP contribution is 2.22. The summed E-state index contributed by atoms with van der Waals surface area (Å²) in [5, 5.41) is 12.4. The Balaban J connectivity index is 1.66. The lowest BCUT2D eigenvalue weighted by Gasteiger charge is -2.33. The van der Waals surface area contributed by atoms with Crippen LogP contribution in [0.25, 0.3) is 5.69 Å². The molecule has 0 bridgehead atoms. The molecule has 2 heterocycles. The minimum Gasteiger partial charge on any atom is -0.339 e. The standard InChI is InChI=1S/C15H18BrN5OS/c1-11-4-2-3-9-20(11)14(22)10-23-15-17-18-19-21(15)13-7-5-12(16)6-8-13/h5-8,11H,2-4,9-10H2,1H3. The highest BCUT2D eigenvalue weighted by molar-refractivity contribution is 9.10. The molecule has 1 aliphatic rings. The Morgan fingerprint density at radius 1 is 1.35 bits per heavy atom. The Bertz CT molecular complexity index is 675. The van der Waals surface area contributed by atoms with E-state index in [0.29, 0.717) is 17.0 Å². The maximum atomic E-state index is 12.4. The quantitative estimate of drug-likeness (QED) is 0.744. The molecule has 122 valence electrons. The van der Waals surface area contributed by atoms with E-state index in [1.807, 2.05) is 29.2 Å². The van der Waals surface area contributed by atoms with Crippen LogP contribution in [0.15, 0.2) is 33.9 Å². The second-order valence-electron chi connectivity index (χ2n) is 5.57. The van der Waals surface area contributed by atoms with Gasteiger partial charge in [0.25, 0.3) is 0 Å². The maximum absolute atomic E-state index is 12.4. The number of carbonyl (C=O) groups excluding carboxylic acids is 1. The van der Waals surface area contributed by atoms with E-state index in [2.05, 4.69) is 38.4 Å². The van der Waals surface area contributed by atoms with Gasteiger partial charge in [-0.1, -0.05) is 27.7 Å². The third-order valence-electron chi connectivity index (χ3n) is 3.96. The molecule has 1 atom stereocenters. The van der Waals surface area contributed by atoms with Crippen LogP contribution in [0.5, 0.6) is 0 Å². The molecule has 0 aliphatic carbocycles. The van der Waals surface area contributed by atoms with Crippen LogP contribution in [0.3, 0.4) is 0 Å². The van der Waals surface area contributed by atoms with E-state index < -0.39 is 0 Å². The summed E-state index contributed by atoms with van der Waals surface area (Å²) in [6, 6.07) is 8.06. The summed E-state index contributed by atoms with van der Waals surface area (Å²) in [6.45, 7) is 2.98. The summed E-state index contributed by atoms with van der Waals surface area (Å²) in [5.74, 6) is 0.522. The van der Waals surface area contributed by atoms with Gasteiger partial charge in [-0.25, -0.2) is 0 Å². The molecule has 1 saturated heterocycles. The van der Waals surface area contributed by atoms with Crippen LogP contribution in [0, 0.1) is 0 Å². The van der Waals surface area contributed by atoms with Gasteiger partial charge in [0.05, 0.1) is 11.4 Å². The van der Waals surface area contributed by atoms with Crippen molar-refractivity contribution in [1.29, 1.82) is 0 Å². The lowest BCUT2D eigenvalue weighted by molar-refractivity contribution is -0.131. The predicted octanol–water partition coefficient (Wildman–Crippen LogP) is 2.92. The number of halogens is 1. The van der Waals surface area contributed by atoms with Crippen molar-refractivity contribution in [2.75, 3.05) is 12.3 Å². The number of likely N-dealkylation sites (tertiary alicyclic amines) is 1. The first-order valence-corrected chi connectivity index (χ1v) is 9.39. The summed E-state index contributed by atoms with van der Waals surface area (Å²) in [6.07, 6.45) is 3.39. The number of carbonyl (C=O) groups is 1. The molecule has 0 radical (unpaired) electrons. The maximum Gasteiger partial charge on any atom is 0.233 e. The van der Waals surface area contributed by atoms with Crippen LogP contribution in [0.2, 0.25) is 0 Å². The number of amides is 1. The van der Waals surface area contributed by atoms with E-state index in [1.54, 1.807) is 4.68 Å². The Kier molecular flexibility index (Phi) is 5.32. The molecule has 1 unspecified atom stereocenters. The molecule has 0 N–H and O–H groups in total. The lowest BCUT2D eigenvalue weighted by atomic mass is 10.0. The second-order valence-corrected chi connectivity index (χ2v) is 7.43. The van der Waals surface area contributed by atoms with Crippen LogP contribution in [0.1, 0.15) is 26.2 Å². The number of thioether (sulfide) groups is 1. The number of aromatic nitrogens is 4. The largest absolute Gasteiger partial charge is 0.339 e. The number of hydrogen-bond acceptors (Lipinski definition) is 5. The molecule has 8 heteroatoms. The van der Waals surface area contributed by atoms with E-state index in [-0.39, 0.29) is 5.91 Å². The number of tetrazole rings is 1. The topological polar surface area (TPSA) is 63.9 Å². The number of hydrogen-bond donors (Lipinski definition) is 0. The Morgan fingerprint density at radius 2 is 2.13 bits per heavy atom. The molecule has 3 rings (SSSR count). The molecule has 2 aromatic rings. The fourth-order valence-corrected chi connectivity index (χ4v) is 3.73. The molecule has 0 spiro atoms. The van der Waals surface area contributed by atoms with Gasteiger partial charge in [0.15, 0.2) is 0 Å². The van der Waals surface area contributed by atoms with Crippen LogP contribution >= 0.6 is 27.7 Å². The van der Waals surface area contributed by atoms with Crippen LogP contribution in [-0.2, 0) is 4.79 Å². The highest BCUT2D eigenvalue weighted by Gasteiger charge is 2.23. The SMILES string of the molecule is CC1CCCCN1C(=O)CSc1nnnn1-c1ccc(Br)cc1. The van der Waals surface area contributed by atoms with E-state index in [1.165, 1.54) is 18.2 Å². The lowest BCUT2D eigenvalue weighted by Crippen LogP contribution is -2.42. The summed E-state index contributed by atoms with van der Waals surface area (Å²) >= 11 is 4.79. The van der Waals surface area contributed by atoms with E-state index in [0.717, 1.165) is 29.5 Å². The van der Waals surface area contributed by atoms with Crippen LogP contribution < -0.4 is 0 Å². The van der Waals surface area contributed by atoms with Crippen molar-refractivity contribution < 1.29 is 4.79 Å². The Hall–Kier alpha value is -1.41. The molecule has 23 heavy (non-hydrogen) atoms. The van der Waals surface area contributed by atoms with Crippen molar-refractivity contribution in [2.45, 2.75) is 37.4 Å². The number of piperidine rings is 1. The van der Waals surface area contributed by atoms with Crippen LogP contribution in [0.4, 0.5) is 0 Å². The van der Waals surface area contributed by atoms with Crippen molar-refractivity contribution >= 4 is 33.6 Å². The normalized spacial score (nSPS) is 18.2. The minimum atomic E-state index is 0.160. The Morgan fingerprint density at radius 3 is 2.87 bits per heavy atom.